The maximum absolute atomic E-state index is 11.4. The number of H-pyrrole nitrogens is 1. The van der Waals surface area contributed by atoms with E-state index in [4.69, 9.17) is 129 Å². The molecule has 150 heavy (non-hydrogen) atoms. The Kier molecular flexibility index (Phi) is 78.5. The van der Waals surface area contributed by atoms with Crippen LogP contribution in [0.25, 0.3) is 79.9 Å². The number of aliphatic imine (C=N–C) groups is 1. The molecule has 0 spiro atoms. The number of rotatable bonds is 27. The molecule has 0 radical (unpaired) electrons. The number of esters is 2. The normalized spacial score (nSPS) is 10.8. The molecule has 1 aliphatic heterocycles. The maximum Gasteiger partial charge on any atom is 1.00 e. The van der Waals surface area contributed by atoms with Crippen molar-refractivity contribution < 1.29 is 276 Å². The van der Waals surface area contributed by atoms with Crippen molar-refractivity contribution in [3.05, 3.63) is 310 Å². The van der Waals surface area contributed by atoms with E-state index in [2.05, 4.69) is 242 Å². The minimum Gasteiger partial charge on any atom is -1.00 e. The number of nitro groups is 1. The Labute approximate surface area is 1110 Å². The van der Waals surface area contributed by atoms with Crippen LogP contribution < -0.4 is 234 Å². The molecule has 1 saturated heterocycles. The molecule has 42 nitrogen and oxygen atoms in total. The molecule has 1 fully saturated rings. The van der Waals surface area contributed by atoms with Crippen molar-refractivity contribution >= 4 is 176 Å². The minimum absolute atomic E-state index is 0. The smallest absolute Gasteiger partial charge is 1.00 e. The van der Waals surface area contributed by atoms with E-state index in [9.17, 15) is 9.59 Å². The Bertz CT molecular complexity index is 6270. The molecular weight excluding hydrogens is 2450 g/mol. The first-order valence-corrected chi connectivity index (χ1v) is 50.2. The SMILES string of the molecule is BrCc1cccc(-c2cc(-c3ccc(-c4ccccc4)cc3)cc(-c3cccc(CBr)n3)n2)n1.BrCc1ccn(-c2cncc(-n3ccc(CBr)n3)n2)n1.CC=NC1CCCO1.CCOC(=O)CNCc1ccn(-c2cncc(-n3ccc(CNCC(=O)OCC)n3)n2)n1.CCl.C[N+](=O)[O-].Cc1ccn(-c2cncc(-n3ccc(C)n3)n2)n1.Cc1ccn[nH]1.ClC(Cl)(Cl)Cl.Clc1cncc(Cl)n1.O=CO[O-].O=CO[O-].[H-].[H-].[H-].[K+].[K+].[K+].[Na+].[Na+]. The number of aryl methyl sites for hydroxylation is 3. The molecule has 3 N–H and O–H groups in total. The average Bonchev–Trinajstić information content (AvgIpc) is 1.14. The zero-order valence-electron chi connectivity index (χ0n) is 86.6. The fraction of sp³-hybridized carbons (Fsp3) is 0.250. The van der Waals surface area contributed by atoms with E-state index >= 15 is 0 Å². The van der Waals surface area contributed by atoms with Gasteiger partial charge in [0.2, 0.25) is 0 Å². The summed E-state index contributed by atoms with van der Waals surface area (Å²) in [5, 5.41) is 67.8. The van der Waals surface area contributed by atoms with Crippen LogP contribution in [0.3, 0.4) is 0 Å². The van der Waals surface area contributed by atoms with Gasteiger partial charge in [-0.2, -0.15) is 35.7 Å². The number of aromatic nitrogens is 25. The van der Waals surface area contributed by atoms with Gasteiger partial charge in [-0.15, -0.1) is 11.6 Å². The first kappa shape index (κ1) is 142. The van der Waals surface area contributed by atoms with Crippen LogP contribution in [0.4, 0.5) is 0 Å². The predicted molar refractivity (Wildman–Crippen MR) is 564 cm³/mol. The van der Waals surface area contributed by atoms with Gasteiger partial charge in [-0.25, -0.2) is 53.0 Å². The van der Waals surface area contributed by atoms with E-state index in [1.807, 2.05) is 137 Å². The summed E-state index contributed by atoms with van der Waals surface area (Å²) in [4.78, 5) is 106. The van der Waals surface area contributed by atoms with Crippen LogP contribution in [-0.2, 0) is 77.6 Å². The van der Waals surface area contributed by atoms with E-state index in [-0.39, 0.29) is 262 Å². The van der Waals surface area contributed by atoms with Crippen molar-refractivity contribution in [1.29, 1.82) is 0 Å². The van der Waals surface area contributed by atoms with Gasteiger partial charge in [0, 0.05) is 101 Å². The van der Waals surface area contributed by atoms with Gasteiger partial charge in [-0.05, 0) is 162 Å². The monoisotopic (exact) mass is 2540 g/mol. The molecule has 0 saturated carbocycles. The second-order valence-electron chi connectivity index (χ2n) is 28.0. The van der Waals surface area contributed by atoms with Crippen LogP contribution in [-0.4, -0.2) is 216 Å². The van der Waals surface area contributed by atoms with Gasteiger partial charge in [-0.3, -0.25) is 69.3 Å². The van der Waals surface area contributed by atoms with Crippen molar-refractivity contribution in [3.8, 4) is 79.9 Å². The Hall–Kier alpha value is -5.71. The number of halogens is 11. The fourth-order valence-electron chi connectivity index (χ4n) is 11.4. The third-order valence-electron chi connectivity index (χ3n) is 17.4. The molecule has 58 heteroatoms. The molecule has 1 atom stereocenters. The van der Waals surface area contributed by atoms with Gasteiger partial charge in [0.25, 0.3) is 16.2 Å². The van der Waals surface area contributed by atoms with Crippen LogP contribution in [0.15, 0.2) is 244 Å². The van der Waals surface area contributed by atoms with E-state index in [0.717, 1.165) is 105 Å². The summed E-state index contributed by atoms with van der Waals surface area (Å²) in [5.74, 6) is 3.10. The molecule has 15 heterocycles. The van der Waals surface area contributed by atoms with Crippen LogP contribution in [0.5, 0.6) is 0 Å². The number of ether oxygens (including phenoxy) is 3. The molecule has 1 unspecified atom stereocenters. The third kappa shape index (κ3) is 57.0. The van der Waals surface area contributed by atoms with Gasteiger partial charge in [-0.1, -0.05) is 200 Å². The summed E-state index contributed by atoms with van der Waals surface area (Å²) in [6.07, 6.45) is 31.1. The Balaban J connectivity index is -0.00000174. The number of hydrogen-bond acceptors (Lipinski definition) is 34. The molecule has 16 aromatic rings. The van der Waals surface area contributed by atoms with Gasteiger partial charge in [0.15, 0.2) is 42.0 Å². The number of alkyl halides is 9. The van der Waals surface area contributed by atoms with Gasteiger partial charge >= 0.3 is 225 Å². The van der Waals surface area contributed by atoms with Gasteiger partial charge in [0.05, 0.1) is 144 Å². The molecule has 0 bridgehead atoms. The van der Waals surface area contributed by atoms with Crippen molar-refractivity contribution in [2.75, 3.05) is 46.3 Å². The first-order valence-electron chi connectivity index (χ1n) is 42.6. The predicted octanol–water partition coefficient (Wildman–Crippen LogP) is 1.83. The molecule has 772 valence electrons. The molecule has 1 aliphatic rings. The van der Waals surface area contributed by atoms with Gasteiger partial charge < -0.3 is 49.4 Å². The van der Waals surface area contributed by atoms with Crippen LogP contribution in [0, 0.1) is 30.9 Å². The van der Waals surface area contributed by atoms with E-state index < -0.39 is 8.18 Å². The molecular formula is C92H99Br4Cl7K3N29Na2O13. The number of carbonyl (C=O) groups excluding carboxylic acids is 4. The second kappa shape index (κ2) is 82.7. The summed E-state index contributed by atoms with van der Waals surface area (Å²) < 4.78 is 23.3. The first-order chi connectivity index (χ1) is 70.0. The van der Waals surface area contributed by atoms with Crippen LogP contribution in [0.2, 0.25) is 10.3 Å². The molecule has 0 aliphatic carbocycles. The summed E-state index contributed by atoms with van der Waals surface area (Å²) in [6.45, 7) is 13.6. The number of nitrogens with zero attached hydrogens (tertiary/aromatic N) is 26. The zero-order chi connectivity index (χ0) is 106. The van der Waals surface area contributed by atoms with Crippen molar-refractivity contribution in [1.82, 2.24) is 134 Å². The van der Waals surface area contributed by atoms with E-state index in [1.54, 1.807) is 104 Å². The quantitative estimate of drug-likeness (QED) is 0.00966. The van der Waals surface area contributed by atoms with Gasteiger partial charge in [0.1, 0.15) is 16.5 Å². The largest absolute Gasteiger partial charge is 1.00 e. The third-order valence-corrected chi connectivity index (χ3v) is 20.0. The average molecular weight is 2550 g/mol. The molecule has 14 aromatic heterocycles. The molecule has 17 rings (SSSR count). The fourth-order valence-corrected chi connectivity index (χ4v) is 13.0. The Morgan fingerprint density at radius 3 is 1.12 bits per heavy atom. The summed E-state index contributed by atoms with van der Waals surface area (Å²) >= 11 is 48.5. The summed E-state index contributed by atoms with van der Waals surface area (Å²) in [6, 6.07) is 48.6. The molecule has 2 aromatic carbocycles. The van der Waals surface area contributed by atoms with Crippen molar-refractivity contribution in [3.63, 3.8) is 0 Å². The zero-order valence-corrected chi connectivity index (χ0v) is 109. The molecule has 0 amide bonds. The summed E-state index contributed by atoms with van der Waals surface area (Å²) in [7, 11) is 0.889. The Morgan fingerprint density at radius 1 is 0.493 bits per heavy atom. The van der Waals surface area contributed by atoms with Crippen LogP contribution >= 0.6 is 145 Å². The topological polar surface area (TPSA) is 517 Å². The van der Waals surface area contributed by atoms with Crippen molar-refractivity contribution in [2.45, 2.75) is 98.3 Å². The minimum atomic E-state index is -1.61. The van der Waals surface area contributed by atoms with E-state index in [0.29, 0.717) is 92.8 Å². The number of pyridine rings is 3. The maximum atomic E-state index is 11.4. The van der Waals surface area contributed by atoms with Crippen LogP contribution in [0.1, 0.15) is 89.1 Å². The number of nitrogens with one attached hydrogen (secondary N) is 3. The number of aromatic amines is 1. The second-order valence-corrected chi connectivity index (χ2v) is 34.4. The standard InChI is InChI=1S/C29H21Br2N3.C20H26N8O4.C12H10Br2N6.C12H12N6.C6H11NO.C4H2Cl2N2.C4H6N2.CCl4.CH3Cl.CH3NO2.2CH2O3.3K.2Na.3H/c30-18-24-8-4-10-26(32-24)28-16-23(17-29(34-28)27-11-5-9-25(19-31)33-27)22-14-12-21(13-15-22)20-6-2-1-3-7-20;1-3-31-19(29)13-21-9-15-5-7-27(25-15)17-11-23-12-18(24-17)28-8-6-16(26-28)10-22-14-20(30)32-4-2;13-5-9-1-3-19(17-9)11-7-15-8-12(16-11)20-4-2-10(6-14)18-20;1-9-3-5-17(15-9)11-7-13-8-12(14-11)18-6-4-10(2)16-18;1-2-7-6-4-3-5-8-6;5-3-1-7-2-4(6)8-3;1-4-2-3-5-6-4;2-1(3,4)5;1-2;1-2(3)4;2*2-1-4-3;;;;;;;;/h1-17H,18-19H2;5-8,11-12,21-22H,3-4,9-10,13-14H2,1-2H3;1-4,7-8H,5-6H2;3-8H,1-2H3;2,6H,3-5H2,1H3;1-2H;2-3H,1H3,(H,5,6);;1H3;1H3;2*1,3H;;;;;;;;/q;;;;;;;;;;;;5*+1;3*-1/p-2. The number of benzene rings is 2. The Morgan fingerprint density at radius 2 is 0.833 bits per heavy atom. The summed E-state index contributed by atoms with van der Waals surface area (Å²) in [5.41, 5.74) is 16.3. The van der Waals surface area contributed by atoms with E-state index in [1.165, 1.54) is 36.3 Å². The number of carbonyl (C=O) groups is 4. The van der Waals surface area contributed by atoms with Crippen molar-refractivity contribution in [2.24, 2.45) is 4.99 Å². The number of hydrogen-bond donors (Lipinski definition) is 3.